The van der Waals surface area contributed by atoms with Crippen molar-refractivity contribution in [1.29, 1.82) is 0 Å². The Morgan fingerprint density at radius 1 is 1.03 bits per heavy atom. The molecule has 2 N–H and O–H groups in total. The van der Waals surface area contributed by atoms with Crippen LogP contribution >= 0.6 is 0 Å². The molecule has 1 atom stereocenters. The van der Waals surface area contributed by atoms with Crippen molar-refractivity contribution in [3.63, 3.8) is 0 Å². The minimum Gasteiger partial charge on any atom is -0.497 e. The van der Waals surface area contributed by atoms with Gasteiger partial charge in [0, 0.05) is 24.3 Å². The van der Waals surface area contributed by atoms with E-state index in [-0.39, 0.29) is 22.3 Å². The average molecular weight is 462 g/mol. The molecule has 0 spiro atoms. The largest absolute Gasteiger partial charge is 0.497 e. The van der Waals surface area contributed by atoms with Crippen LogP contribution in [0, 0.1) is 5.92 Å². The third-order valence-corrected chi connectivity index (χ3v) is 7.08. The molecule has 0 saturated heterocycles. The minimum absolute atomic E-state index is 0.0395. The topological polar surface area (TPSA) is 105 Å². The van der Waals surface area contributed by atoms with Gasteiger partial charge in [-0.1, -0.05) is 33.8 Å². The molecule has 2 aromatic rings. The molecule has 9 heteroatoms. The first-order valence-electron chi connectivity index (χ1n) is 10.5. The van der Waals surface area contributed by atoms with E-state index in [2.05, 4.69) is 10.6 Å². The van der Waals surface area contributed by atoms with Gasteiger partial charge in [0.25, 0.3) is 5.91 Å². The Hall–Kier alpha value is -2.91. The molecule has 0 aliphatic heterocycles. The third kappa shape index (κ3) is 6.08. The summed E-state index contributed by atoms with van der Waals surface area (Å²) >= 11 is 0. The second-order valence-electron chi connectivity index (χ2n) is 7.53. The van der Waals surface area contributed by atoms with Gasteiger partial charge in [0.1, 0.15) is 11.8 Å². The first-order valence-corrected chi connectivity index (χ1v) is 11.9. The lowest BCUT2D eigenvalue weighted by Crippen LogP contribution is -2.47. The van der Waals surface area contributed by atoms with Crippen molar-refractivity contribution in [1.82, 2.24) is 9.62 Å². The molecular weight excluding hydrogens is 430 g/mol. The number of rotatable bonds is 10. The number of carbonyl (C=O) groups excluding carboxylic acids is 2. The zero-order valence-electron chi connectivity index (χ0n) is 19.1. The number of methoxy groups -OCH3 is 1. The van der Waals surface area contributed by atoms with Crippen molar-refractivity contribution < 1.29 is 22.7 Å². The second kappa shape index (κ2) is 11.1. The van der Waals surface area contributed by atoms with E-state index < -0.39 is 22.0 Å². The van der Waals surface area contributed by atoms with Gasteiger partial charge in [0.2, 0.25) is 15.9 Å². The highest BCUT2D eigenvalue weighted by Gasteiger charge is 2.26. The quantitative estimate of drug-likeness (QED) is 0.566. The average Bonchev–Trinajstić information content (AvgIpc) is 2.78. The van der Waals surface area contributed by atoms with Gasteiger partial charge in [0.05, 0.1) is 12.0 Å². The number of hydrogen-bond donors (Lipinski definition) is 2. The van der Waals surface area contributed by atoms with Gasteiger partial charge >= 0.3 is 0 Å². The summed E-state index contributed by atoms with van der Waals surface area (Å²) in [6, 6.07) is 11.9. The van der Waals surface area contributed by atoms with Gasteiger partial charge in [0.15, 0.2) is 0 Å². The van der Waals surface area contributed by atoms with E-state index >= 15 is 0 Å². The fourth-order valence-corrected chi connectivity index (χ4v) is 4.67. The summed E-state index contributed by atoms with van der Waals surface area (Å²) in [5, 5.41) is 5.51. The number of nitrogens with one attached hydrogen (secondary N) is 2. The lowest BCUT2D eigenvalue weighted by molar-refractivity contribution is -0.118. The molecule has 8 nitrogen and oxygen atoms in total. The van der Waals surface area contributed by atoms with E-state index in [1.165, 1.54) is 28.6 Å². The molecule has 2 amide bonds. The number of ether oxygens (including phenoxy) is 1. The lowest BCUT2D eigenvalue weighted by atomic mass is 10.0. The molecule has 2 rings (SSSR count). The van der Waals surface area contributed by atoms with E-state index in [0.29, 0.717) is 24.5 Å². The number of carbonyl (C=O) groups is 2. The molecule has 0 fully saturated rings. The van der Waals surface area contributed by atoms with Crippen molar-refractivity contribution in [2.45, 2.75) is 38.6 Å². The summed E-state index contributed by atoms with van der Waals surface area (Å²) in [6.07, 6.45) is 0. The fraction of sp³-hybridized carbons (Fsp3) is 0.391. The second-order valence-corrected chi connectivity index (χ2v) is 9.47. The Kier molecular flexibility index (Phi) is 8.80. The van der Waals surface area contributed by atoms with Gasteiger partial charge in [-0.25, -0.2) is 8.42 Å². The predicted molar refractivity (Wildman–Crippen MR) is 124 cm³/mol. The molecule has 0 saturated carbocycles. The summed E-state index contributed by atoms with van der Waals surface area (Å²) in [6.45, 7) is 7.81. The zero-order valence-corrected chi connectivity index (χ0v) is 19.9. The summed E-state index contributed by atoms with van der Waals surface area (Å²) in [7, 11) is -2.15. The molecule has 2 aromatic carbocycles. The van der Waals surface area contributed by atoms with Crippen molar-refractivity contribution >= 4 is 27.5 Å². The summed E-state index contributed by atoms with van der Waals surface area (Å²) in [4.78, 5) is 25.7. The Labute approximate surface area is 190 Å². The predicted octanol–water partition coefficient (Wildman–Crippen LogP) is 3.12. The smallest absolute Gasteiger partial charge is 0.251 e. The van der Waals surface area contributed by atoms with Crippen molar-refractivity contribution in [3.05, 3.63) is 54.1 Å². The Morgan fingerprint density at radius 3 is 2.19 bits per heavy atom. The van der Waals surface area contributed by atoms with Gasteiger partial charge in [-0.3, -0.25) is 9.59 Å². The van der Waals surface area contributed by atoms with E-state index in [4.69, 9.17) is 4.74 Å². The Balaban J connectivity index is 2.20. The number of nitrogens with zero attached hydrogens (tertiary/aromatic N) is 1. The van der Waals surface area contributed by atoms with Crippen LogP contribution in [0.3, 0.4) is 0 Å². The van der Waals surface area contributed by atoms with E-state index in [0.717, 1.165) is 0 Å². The molecule has 32 heavy (non-hydrogen) atoms. The lowest BCUT2D eigenvalue weighted by Gasteiger charge is -2.22. The molecule has 0 aliphatic carbocycles. The maximum atomic E-state index is 12.9. The monoisotopic (exact) mass is 461 g/mol. The number of amides is 2. The fourth-order valence-electron chi connectivity index (χ4n) is 3.16. The SMILES string of the molecule is CCN(CC)S(=O)(=O)c1cccc(C(=O)N[C@H](C(=O)Nc2ccc(OC)cc2)C(C)C)c1. The number of hydrogen-bond acceptors (Lipinski definition) is 5. The van der Waals surface area contributed by atoms with E-state index in [1.54, 1.807) is 45.2 Å². The standard InChI is InChI=1S/C23H31N3O5S/c1-6-26(7-2)32(29,30)20-10-8-9-17(15-20)22(27)25-21(16(3)4)23(28)24-18-11-13-19(31-5)14-12-18/h8-16,21H,6-7H2,1-5H3,(H,24,28)(H,25,27)/t21-/m0/s1. The van der Waals surface area contributed by atoms with E-state index in [1.807, 2.05) is 13.8 Å². The molecular formula is C23H31N3O5S. The van der Waals surface area contributed by atoms with Crippen LogP contribution in [-0.4, -0.2) is 50.8 Å². The molecule has 174 valence electrons. The van der Waals surface area contributed by atoms with Crippen LogP contribution in [0.2, 0.25) is 0 Å². The highest BCUT2D eigenvalue weighted by atomic mass is 32.2. The number of anilines is 1. The third-order valence-electron chi connectivity index (χ3n) is 5.03. The van der Waals surface area contributed by atoms with Crippen molar-refractivity contribution in [3.8, 4) is 5.75 Å². The van der Waals surface area contributed by atoms with Gasteiger partial charge in [-0.15, -0.1) is 0 Å². The van der Waals surface area contributed by atoms with Gasteiger partial charge in [-0.05, 0) is 48.4 Å². The Bertz CT molecular complexity index is 1030. The highest BCUT2D eigenvalue weighted by molar-refractivity contribution is 7.89. The molecule has 0 aromatic heterocycles. The van der Waals surface area contributed by atoms with Gasteiger partial charge in [-0.2, -0.15) is 4.31 Å². The highest BCUT2D eigenvalue weighted by Crippen LogP contribution is 2.18. The van der Waals surface area contributed by atoms with Crippen LogP contribution in [0.15, 0.2) is 53.4 Å². The molecule has 0 aliphatic rings. The minimum atomic E-state index is -3.70. The first kappa shape index (κ1) is 25.4. The first-order chi connectivity index (χ1) is 15.1. The van der Waals surface area contributed by atoms with Crippen LogP contribution in [0.25, 0.3) is 0 Å². The van der Waals surface area contributed by atoms with Crippen molar-refractivity contribution in [2.75, 3.05) is 25.5 Å². The number of sulfonamides is 1. The van der Waals surface area contributed by atoms with Gasteiger partial charge < -0.3 is 15.4 Å². The van der Waals surface area contributed by atoms with Crippen molar-refractivity contribution in [2.24, 2.45) is 5.92 Å². The Morgan fingerprint density at radius 2 is 1.66 bits per heavy atom. The maximum Gasteiger partial charge on any atom is 0.251 e. The van der Waals surface area contributed by atoms with E-state index in [9.17, 15) is 18.0 Å². The zero-order chi connectivity index (χ0) is 23.9. The number of benzene rings is 2. The van der Waals surface area contributed by atoms with Crippen LogP contribution in [0.4, 0.5) is 5.69 Å². The summed E-state index contributed by atoms with van der Waals surface area (Å²) in [5.74, 6) is -0.424. The summed E-state index contributed by atoms with van der Waals surface area (Å²) in [5.41, 5.74) is 0.740. The van der Waals surface area contributed by atoms with Crippen LogP contribution in [-0.2, 0) is 14.8 Å². The molecule has 0 unspecified atom stereocenters. The van der Waals surface area contributed by atoms with Crippen LogP contribution in [0.5, 0.6) is 5.75 Å². The van der Waals surface area contributed by atoms with Crippen LogP contribution in [0.1, 0.15) is 38.1 Å². The normalized spacial score (nSPS) is 12.5. The molecule has 0 heterocycles. The van der Waals surface area contributed by atoms with Crippen LogP contribution < -0.4 is 15.4 Å². The molecule has 0 radical (unpaired) electrons. The summed E-state index contributed by atoms with van der Waals surface area (Å²) < 4.78 is 32.0. The maximum absolute atomic E-state index is 12.9. The molecule has 0 bridgehead atoms.